The van der Waals surface area contributed by atoms with Crippen molar-refractivity contribution in [1.29, 1.82) is 0 Å². The Morgan fingerprint density at radius 1 is 1.22 bits per heavy atom. The average Bonchev–Trinajstić information content (AvgIpc) is 2.53. The Morgan fingerprint density at radius 3 is 2.78 bits per heavy atom. The lowest BCUT2D eigenvalue weighted by Gasteiger charge is -2.09. The first-order valence-corrected chi connectivity index (χ1v) is 8.09. The molecule has 23 heavy (non-hydrogen) atoms. The largest absolute Gasteiger partial charge is 0.494 e. The van der Waals surface area contributed by atoms with E-state index in [1.165, 1.54) is 0 Å². The number of aliphatic carboxylic acids is 1. The van der Waals surface area contributed by atoms with Crippen LogP contribution in [0.3, 0.4) is 0 Å². The molecular formula is C18H23NO4. The number of pyridine rings is 1. The van der Waals surface area contributed by atoms with Gasteiger partial charge < -0.3 is 14.4 Å². The third kappa shape index (κ3) is 4.84. The van der Waals surface area contributed by atoms with E-state index >= 15 is 0 Å². The van der Waals surface area contributed by atoms with Gasteiger partial charge in [0.1, 0.15) is 5.75 Å². The lowest BCUT2D eigenvalue weighted by molar-refractivity contribution is -0.137. The fourth-order valence-corrected chi connectivity index (χ4v) is 2.42. The first kappa shape index (κ1) is 17.1. The second-order valence-corrected chi connectivity index (χ2v) is 5.62. The third-order valence-corrected chi connectivity index (χ3v) is 3.75. The van der Waals surface area contributed by atoms with Crippen molar-refractivity contribution >= 4 is 16.7 Å². The molecule has 0 saturated heterocycles. The highest BCUT2D eigenvalue weighted by molar-refractivity contribution is 5.82. The van der Waals surface area contributed by atoms with Crippen LogP contribution in [-0.4, -0.2) is 22.2 Å². The number of hydrogen-bond acceptors (Lipinski definition) is 3. The summed E-state index contributed by atoms with van der Waals surface area (Å²) in [6.07, 6.45) is 5.25. The molecule has 1 aromatic heterocycles. The number of aryl methyl sites for hydroxylation is 1. The summed E-state index contributed by atoms with van der Waals surface area (Å²) in [4.78, 5) is 22.9. The Morgan fingerprint density at radius 2 is 2.04 bits per heavy atom. The van der Waals surface area contributed by atoms with Crippen molar-refractivity contribution in [1.82, 2.24) is 4.57 Å². The maximum absolute atomic E-state index is 12.4. The maximum Gasteiger partial charge on any atom is 0.303 e. The number of ether oxygens (including phenoxy) is 1. The van der Waals surface area contributed by atoms with Crippen molar-refractivity contribution in [2.45, 2.75) is 45.6 Å². The van der Waals surface area contributed by atoms with Gasteiger partial charge in [-0.3, -0.25) is 9.59 Å². The molecule has 0 atom stereocenters. The van der Waals surface area contributed by atoms with Crippen molar-refractivity contribution < 1.29 is 14.6 Å². The molecule has 0 fully saturated rings. The lowest BCUT2D eigenvalue weighted by atomic mass is 10.1. The summed E-state index contributed by atoms with van der Waals surface area (Å²) in [5, 5.41) is 10.2. The van der Waals surface area contributed by atoms with E-state index in [9.17, 15) is 9.59 Å². The Bertz CT molecular complexity index is 721. The molecule has 0 aliphatic heterocycles. The van der Waals surface area contributed by atoms with Gasteiger partial charge >= 0.3 is 5.97 Å². The molecule has 0 unspecified atom stereocenters. The first-order valence-electron chi connectivity index (χ1n) is 8.09. The average molecular weight is 317 g/mol. The Labute approximate surface area is 135 Å². The van der Waals surface area contributed by atoms with E-state index in [2.05, 4.69) is 6.92 Å². The number of rotatable bonds is 9. The van der Waals surface area contributed by atoms with E-state index < -0.39 is 5.97 Å². The third-order valence-electron chi connectivity index (χ3n) is 3.75. The normalized spacial score (nSPS) is 10.8. The standard InChI is InChI=1S/C18H23NO4/c1-2-3-12-23-15-7-8-16-14(13-15)9-11-19(18(16)22)10-5-4-6-17(20)21/h7-9,11,13H,2-6,10,12H2,1H3,(H,20,21). The number of benzene rings is 1. The molecule has 5 nitrogen and oxygen atoms in total. The zero-order valence-electron chi connectivity index (χ0n) is 13.5. The van der Waals surface area contributed by atoms with E-state index in [0.29, 0.717) is 31.4 Å². The van der Waals surface area contributed by atoms with Gasteiger partial charge in [0.2, 0.25) is 0 Å². The van der Waals surface area contributed by atoms with Crippen LogP contribution in [0, 0.1) is 0 Å². The minimum Gasteiger partial charge on any atom is -0.494 e. The highest BCUT2D eigenvalue weighted by Crippen LogP contribution is 2.18. The Hall–Kier alpha value is -2.30. The Balaban J connectivity index is 2.08. The molecule has 0 aliphatic rings. The van der Waals surface area contributed by atoms with E-state index in [-0.39, 0.29) is 12.0 Å². The minimum atomic E-state index is -0.800. The van der Waals surface area contributed by atoms with Crippen LogP contribution in [0.15, 0.2) is 35.3 Å². The van der Waals surface area contributed by atoms with Gasteiger partial charge in [0.05, 0.1) is 6.61 Å². The highest BCUT2D eigenvalue weighted by Gasteiger charge is 2.05. The number of fused-ring (bicyclic) bond motifs is 1. The van der Waals surface area contributed by atoms with Crippen LogP contribution >= 0.6 is 0 Å². The van der Waals surface area contributed by atoms with E-state index in [1.807, 2.05) is 18.2 Å². The molecule has 1 heterocycles. The molecule has 0 bridgehead atoms. The molecule has 0 amide bonds. The van der Waals surface area contributed by atoms with Crippen LogP contribution in [0.4, 0.5) is 0 Å². The van der Waals surface area contributed by atoms with Gasteiger partial charge in [-0.15, -0.1) is 0 Å². The molecule has 2 rings (SSSR count). The van der Waals surface area contributed by atoms with Crippen molar-refractivity contribution in [3.05, 3.63) is 40.8 Å². The van der Waals surface area contributed by atoms with Gasteiger partial charge in [0.15, 0.2) is 0 Å². The topological polar surface area (TPSA) is 68.5 Å². The van der Waals surface area contributed by atoms with Crippen LogP contribution in [0.25, 0.3) is 10.8 Å². The van der Waals surface area contributed by atoms with Gasteiger partial charge in [0, 0.05) is 24.5 Å². The van der Waals surface area contributed by atoms with Crippen LogP contribution < -0.4 is 10.3 Å². The van der Waals surface area contributed by atoms with E-state index in [4.69, 9.17) is 9.84 Å². The van der Waals surface area contributed by atoms with Crippen LogP contribution in [0.1, 0.15) is 39.0 Å². The summed E-state index contributed by atoms with van der Waals surface area (Å²) in [5.41, 5.74) is -0.0436. The number of hydrogen-bond donors (Lipinski definition) is 1. The van der Waals surface area contributed by atoms with Gasteiger partial charge in [0.25, 0.3) is 5.56 Å². The summed E-state index contributed by atoms with van der Waals surface area (Å²) in [7, 11) is 0. The molecule has 0 radical (unpaired) electrons. The molecular weight excluding hydrogens is 294 g/mol. The summed E-state index contributed by atoms with van der Waals surface area (Å²) in [6.45, 7) is 3.34. The molecule has 5 heteroatoms. The van der Waals surface area contributed by atoms with E-state index in [0.717, 1.165) is 24.0 Å². The van der Waals surface area contributed by atoms with Crippen LogP contribution in [-0.2, 0) is 11.3 Å². The first-order chi connectivity index (χ1) is 11.1. The summed E-state index contributed by atoms with van der Waals surface area (Å²) in [6, 6.07) is 7.42. The predicted molar refractivity (Wildman–Crippen MR) is 90.1 cm³/mol. The number of carboxylic acid groups (broad SMARTS) is 1. The van der Waals surface area contributed by atoms with Crippen LogP contribution in [0.2, 0.25) is 0 Å². The second-order valence-electron chi connectivity index (χ2n) is 5.62. The van der Waals surface area contributed by atoms with Gasteiger partial charge in [-0.2, -0.15) is 0 Å². The molecule has 124 valence electrons. The SMILES string of the molecule is CCCCOc1ccc2c(=O)n(CCCCC(=O)O)ccc2c1. The van der Waals surface area contributed by atoms with Crippen molar-refractivity contribution in [2.75, 3.05) is 6.61 Å². The molecule has 1 N–H and O–H groups in total. The number of carbonyl (C=O) groups is 1. The van der Waals surface area contributed by atoms with Gasteiger partial charge in [-0.05, 0) is 48.9 Å². The number of aromatic nitrogens is 1. The van der Waals surface area contributed by atoms with Crippen molar-refractivity contribution in [3.63, 3.8) is 0 Å². The molecule has 0 spiro atoms. The van der Waals surface area contributed by atoms with E-state index in [1.54, 1.807) is 16.8 Å². The summed E-state index contributed by atoms with van der Waals surface area (Å²) in [5.74, 6) is -0.0176. The van der Waals surface area contributed by atoms with Crippen molar-refractivity contribution in [2.24, 2.45) is 0 Å². The zero-order chi connectivity index (χ0) is 16.7. The smallest absolute Gasteiger partial charge is 0.303 e. The summed E-state index contributed by atoms with van der Waals surface area (Å²) >= 11 is 0. The quantitative estimate of drug-likeness (QED) is 0.719. The van der Waals surface area contributed by atoms with Crippen molar-refractivity contribution in [3.8, 4) is 5.75 Å². The minimum absolute atomic E-state index is 0.0436. The molecule has 0 saturated carbocycles. The summed E-state index contributed by atoms with van der Waals surface area (Å²) < 4.78 is 7.30. The Kier molecular flexibility index (Phi) is 6.20. The van der Waals surface area contributed by atoms with Crippen LogP contribution in [0.5, 0.6) is 5.75 Å². The number of nitrogens with zero attached hydrogens (tertiary/aromatic N) is 1. The predicted octanol–water partition coefficient (Wildman–Crippen LogP) is 3.44. The fraction of sp³-hybridized carbons (Fsp3) is 0.444. The fourth-order valence-electron chi connectivity index (χ4n) is 2.42. The zero-order valence-corrected chi connectivity index (χ0v) is 13.5. The van der Waals surface area contributed by atoms with Gasteiger partial charge in [-0.1, -0.05) is 13.3 Å². The lowest BCUT2D eigenvalue weighted by Crippen LogP contribution is -2.19. The number of carboxylic acids is 1. The van der Waals surface area contributed by atoms with Gasteiger partial charge in [-0.25, -0.2) is 0 Å². The number of unbranched alkanes of at least 4 members (excludes halogenated alkanes) is 2. The monoisotopic (exact) mass is 317 g/mol. The molecule has 1 aromatic carbocycles. The maximum atomic E-state index is 12.4. The highest BCUT2D eigenvalue weighted by atomic mass is 16.5. The second kappa shape index (κ2) is 8.36. The molecule has 2 aromatic rings. The molecule has 0 aliphatic carbocycles.